The van der Waals surface area contributed by atoms with Gasteiger partial charge in [0.05, 0.1) is 16.4 Å². The maximum Gasteiger partial charge on any atom is 0.324 e. The summed E-state index contributed by atoms with van der Waals surface area (Å²) in [6.45, 7) is 0.820. The van der Waals surface area contributed by atoms with E-state index >= 15 is 0 Å². The lowest BCUT2D eigenvalue weighted by Gasteiger charge is -2.09. The molecule has 2 aromatic rings. The monoisotopic (exact) mass is 306 g/mol. The van der Waals surface area contributed by atoms with Crippen molar-refractivity contribution in [2.24, 2.45) is 0 Å². The number of thiophene rings is 1. The smallest absolute Gasteiger partial charge is 0.324 e. The molecular weight excluding hydrogens is 292 g/mol. The van der Waals surface area contributed by atoms with Crippen molar-refractivity contribution in [1.29, 1.82) is 0 Å². The number of nitro groups is 1. The summed E-state index contributed by atoms with van der Waals surface area (Å²) in [5.41, 5.74) is 1.95. The molecule has 0 bridgehead atoms. The Hall–Kier alpha value is -2.25. The van der Waals surface area contributed by atoms with Crippen molar-refractivity contribution < 1.29 is 14.5 Å². The molecule has 1 amide bonds. The summed E-state index contributed by atoms with van der Waals surface area (Å²) in [6, 6.07) is 10.4. The molecule has 21 heavy (non-hydrogen) atoms. The predicted octanol–water partition coefficient (Wildman–Crippen LogP) is 2.73. The van der Waals surface area contributed by atoms with Crippen LogP contribution in [0.3, 0.4) is 0 Å². The highest BCUT2D eigenvalue weighted by atomic mass is 32.1. The van der Waals surface area contributed by atoms with E-state index in [1.807, 2.05) is 24.3 Å². The minimum atomic E-state index is -0.505. The maximum atomic E-state index is 12.0. The van der Waals surface area contributed by atoms with Crippen LogP contribution in [-0.4, -0.2) is 17.9 Å². The van der Waals surface area contributed by atoms with Gasteiger partial charge in [-0.2, -0.15) is 0 Å². The first-order chi connectivity index (χ1) is 10.1. The molecular formula is C14H14N2O4S. The van der Waals surface area contributed by atoms with Gasteiger partial charge in [-0.25, -0.2) is 0 Å². The number of benzene rings is 1. The van der Waals surface area contributed by atoms with Gasteiger partial charge in [-0.1, -0.05) is 35.6 Å². The topological polar surface area (TPSA) is 81.5 Å². The van der Waals surface area contributed by atoms with E-state index in [0.29, 0.717) is 18.0 Å². The average Bonchev–Trinajstić information content (AvgIpc) is 2.96. The molecule has 1 heterocycles. The highest BCUT2D eigenvalue weighted by Gasteiger charge is 2.15. The van der Waals surface area contributed by atoms with Gasteiger partial charge in [-0.3, -0.25) is 14.9 Å². The fraction of sp³-hybridized carbons (Fsp3) is 0.214. The summed E-state index contributed by atoms with van der Waals surface area (Å²) >= 11 is 0.863. The van der Waals surface area contributed by atoms with Gasteiger partial charge in [-0.15, -0.1) is 0 Å². The van der Waals surface area contributed by atoms with E-state index in [-0.39, 0.29) is 10.9 Å². The molecule has 1 aromatic heterocycles. The summed E-state index contributed by atoms with van der Waals surface area (Å²) in [5, 5.41) is 13.3. The molecule has 0 saturated heterocycles. The predicted molar refractivity (Wildman–Crippen MR) is 79.3 cm³/mol. The number of nitrogens with zero attached hydrogens (tertiary/aromatic N) is 1. The van der Waals surface area contributed by atoms with E-state index in [4.69, 9.17) is 4.74 Å². The van der Waals surface area contributed by atoms with Crippen LogP contribution >= 0.6 is 11.3 Å². The Balaban J connectivity index is 2.02. The fourth-order valence-electron chi connectivity index (χ4n) is 1.84. The third kappa shape index (κ3) is 3.87. The Morgan fingerprint density at radius 3 is 2.62 bits per heavy atom. The Labute approximate surface area is 125 Å². The molecule has 1 N–H and O–H groups in total. The van der Waals surface area contributed by atoms with Gasteiger partial charge >= 0.3 is 5.00 Å². The molecule has 6 nitrogen and oxygen atoms in total. The van der Waals surface area contributed by atoms with Crippen LogP contribution in [0.5, 0.6) is 0 Å². The second-order valence-electron chi connectivity index (χ2n) is 4.28. The van der Waals surface area contributed by atoms with Crippen LogP contribution < -0.4 is 5.32 Å². The van der Waals surface area contributed by atoms with Gasteiger partial charge in [0, 0.05) is 19.7 Å². The Morgan fingerprint density at radius 2 is 2.00 bits per heavy atom. The highest BCUT2D eigenvalue weighted by molar-refractivity contribution is 7.17. The van der Waals surface area contributed by atoms with Crippen LogP contribution in [-0.2, 0) is 17.9 Å². The van der Waals surface area contributed by atoms with Crippen molar-refractivity contribution in [1.82, 2.24) is 5.32 Å². The molecule has 0 aliphatic heterocycles. The van der Waals surface area contributed by atoms with Crippen LogP contribution in [0, 0.1) is 10.1 Å². The van der Waals surface area contributed by atoms with Gasteiger partial charge < -0.3 is 10.1 Å². The number of hydrogen-bond donors (Lipinski definition) is 1. The summed E-state index contributed by atoms with van der Waals surface area (Å²) in [7, 11) is 1.61. The maximum absolute atomic E-state index is 12.0. The molecule has 0 fully saturated rings. The zero-order chi connectivity index (χ0) is 15.2. The Bertz CT molecular complexity index is 654. The second-order valence-corrected chi connectivity index (χ2v) is 5.34. The van der Waals surface area contributed by atoms with Gasteiger partial charge in [-0.05, 0) is 17.2 Å². The number of ether oxygens (including phenoxy) is 1. The number of amides is 1. The minimum Gasteiger partial charge on any atom is -0.380 e. The molecule has 110 valence electrons. The highest BCUT2D eigenvalue weighted by Crippen LogP contribution is 2.23. The molecule has 0 aliphatic carbocycles. The first-order valence-corrected chi connectivity index (χ1v) is 7.01. The molecule has 0 aliphatic rings. The first kappa shape index (κ1) is 15.1. The molecule has 2 rings (SSSR count). The third-order valence-corrected chi connectivity index (χ3v) is 3.89. The normalized spacial score (nSPS) is 10.3. The fourth-order valence-corrected chi connectivity index (χ4v) is 2.57. The van der Waals surface area contributed by atoms with Gasteiger partial charge in [0.25, 0.3) is 5.91 Å². The molecule has 7 heteroatoms. The SMILES string of the molecule is COCc1ccccc1CNC(=O)c1ccc([N+](=O)[O-])s1. The van der Waals surface area contributed by atoms with Gasteiger partial charge in [0.1, 0.15) is 0 Å². The van der Waals surface area contributed by atoms with Gasteiger partial charge in [0.15, 0.2) is 0 Å². The van der Waals surface area contributed by atoms with Crippen molar-refractivity contribution in [3.63, 3.8) is 0 Å². The Kier molecular flexibility index (Phi) is 5.02. The number of carbonyl (C=O) groups is 1. The third-order valence-electron chi connectivity index (χ3n) is 2.85. The van der Waals surface area contributed by atoms with Crippen molar-refractivity contribution in [2.75, 3.05) is 7.11 Å². The molecule has 0 radical (unpaired) electrons. The van der Waals surface area contributed by atoms with Gasteiger partial charge in [0.2, 0.25) is 0 Å². The standard InChI is InChI=1S/C14H14N2O4S/c1-20-9-11-5-3-2-4-10(11)8-15-14(17)12-6-7-13(21-12)16(18)19/h2-7H,8-9H2,1H3,(H,15,17). The van der Waals surface area contributed by atoms with Crippen molar-refractivity contribution in [3.05, 3.63) is 62.5 Å². The summed E-state index contributed by atoms with van der Waals surface area (Å²) in [5.74, 6) is -0.319. The number of carbonyl (C=O) groups excluding carboxylic acids is 1. The quantitative estimate of drug-likeness (QED) is 0.657. The number of methoxy groups -OCH3 is 1. The van der Waals surface area contributed by atoms with Crippen molar-refractivity contribution in [3.8, 4) is 0 Å². The average molecular weight is 306 g/mol. The minimum absolute atomic E-state index is 0.0417. The molecule has 0 spiro atoms. The summed E-state index contributed by atoms with van der Waals surface area (Å²) in [4.78, 5) is 22.4. The van der Waals surface area contributed by atoms with Crippen LogP contribution in [0.4, 0.5) is 5.00 Å². The van der Waals surface area contributed by atoms with Crippen molar-refractivity contribution in [2.45, 2.75) is 13.2 Å². The van der Waals surface area contributed by atoms with Crippen LogP contribution in [0.15, 0.2) is 36.4 Å². The van der Waals surface area contributed by atoms with E-state index < -0.39 is 4.92 Å². The molecule has 0 unspecified atom stereocenters. The zero-order valence-corrected chi connectivity index (χ0v) is 12.2. The molecule has 0 saturated carbocycles. The summed E-state index contributed by atoms with van der Waals surface area (Å²) in [6.07, 6.45) is 0. The van der Waals surface area contributed by atoms with Crippen molar-refractivity contribution >= 4 is 22.2 Å². The molecule has 0 atom stereocenters. The summed E-state index contributed by atoms with van der Waals surface area (Å²) < 4.78 is 5.10. The lowest BCUT2D eigenvalue weighted by Crippen LogP contribution is -2.22. The van der Waals surface area contributed by atoms with E-state index in [9.17, 15) is 14.9 Å². The van der Waals surface area contributed by atoms with E-state index in [0.717, 1.165) is 22.5 Å². The van der Waals surface area contributed by atoms with E-state index in [1.54, 1.807) is 7.11 Å². The van der Waals surface area contributed by atoms with Crippen LogP contribution in [0.25, 0.3) is 0 Å². The first-order valence-electron chi connectivity index (χ1n) is 6.20. The Morgan fingerprint density at radius 1 is 1.29 bits per heavy atom. The van der Waals surface area contributed by atoms with Crippen LogP contribution in [0.1, 0.15) is 20.8 Å². The lowest BCUT2D eigenvalue weighted by atomic mass is 10.1. The number of nitrogens with one attached hydrogen (secondary N) is 1. The second kappa shape index (κ2) is 6.96. The van der Waals surface area contributed by atoms with Crippen LogP contribution in [0.2, 0.25) is 0 Å². The number of hydrogen-bond acceptors (Lipinski definition) is 5. The lowest BCUT2D eigenvalue weighted by molar-refractivity contribution is -0.380. The largest absolute Gasteiger partial charge is 0.380 e. The zero-order valence-electron chi connectivity index (χ0n) is 11.4. The van der Waals surface area contributed by atoms with E-state index in [2.05, 4.69) is 5.32 Å². The van der Waals surface area contributed by atoms with E-state index in [1.165, 1.54) is 12.1 Å². The molecule has 1 aromatic carbocycles. The number of rotatable bonds is 6.